The molecule has 2 aromatic heterocycles. The van der Waals surface area contributed by atoms with E-state index in [0.29, 0.717) is 0 Å². The summed E-state index contributed by atoms with van der Waals surface area (Å²) in [5.74, 6) is 0. The number of anilines is 1. The van der Waals surface area contributed by atoms with Gasteiger partial charge in [0.25, 0.3) is 0 Å². The average molecular weight is 233 g/mol. The van der Waals surface area contributed by atoms with Crippen LogP contribution in [-0.4, -0.2) is 9.97 Å². The molecule has 0 spiro atoms. The summed E-state index contributed by atoms with van der Waals surface area (Å²) < 4.78 is 0. The van der Waals surface area contributed by atoms with Gasteiger partial charge in [-0.15, -0.1) is 11.3 Å². The first-order chi connectivity index (χ1) is 7.79. The van der Waals surface area contributed by atoms with E-state index < -0.39 is 0 Å². The molecule has 3 nitrogen and oxygen atoms in total. The van der Waals surface area contributed by atoms with E-state index in [1.165, 1.54) is 11.1 Å². The maximum absolute atomic E-state index is 4.47. The predicted octanol–water partition coefficient (Wildman–Crippen LogP) is 3.02. The molecule has 0 aromatic carbocycles. The van der Waals surface area contributed by atoms with Gasteiger partial charge in [0.1, 0.15) is 0 Å². The molecular weight excluding hydrogens is 218 g/mol. The second-order valence-electron chi connectivity index (χ2n) is 3.65. The van der Waals surface area contributed by atoms with E-state index in [1.54, 1.807) is 11.3 Å². The molecule has 0 saturated carbocycles. The van der Waals surface area contributed by atoms with Crippen molar-refractivity contribution in [3.63, 3.8) is 0 Å². The molecule has 0 unspecified atom stereocenters. The molecule has 2 heterocycles. The van der Waals surface area contributed by atoms with Crippen molar-refractivity contribution >= 4 is 16.5 Å². The molecule has 0 fully saturated rings. The third-order valence-electron chi connectivity index (χ3n) is 2.48. The molecule has 0 saturated heterocycles. The van der Waals surface area contributed by atoms with Crippen molar-refractivity contribution in [2.45, 2.75) is 26.8 Å². The second kappa shape index (κ2) is 5.07. The monoisotopic (exact) mass is 233 g/mol. The van der Waals surface area contributed by atoms with Gasteiger partial charge in [-0.1, -0.05) is 6.92 Å². The quantitative estimate of drug-likeness (QED) is 0.882. The topological polar surface area (TPSA) is 37.8 Å². The van der Waals surface area contributed by atoms with Crippen molar-refractivity contribution in [3.8, 4) is 0 Å². The van der Waals surface area contributed by atoms with Gasteiger partial charge in [0.2, 0.25) is 0 Å². The zero-order chi connectivity index (χ0) is 11.4. The molecule has 1 N–H and O–H groups in total. The van der Waals surface area contributed by atoms with Crippen molar-refractivity contribution in [3.05, 3.63) is 40.7 Å². The number of hydrogen-bond donors (Lipinski definition) is 1. The van der Waals surface area contributed by atoms with Crippen LogP contribution in [0, 0.1) is 6.92 Å². The third-order valence-corrected chi connectivity index (χ3v) is 3.33. The summed E-state index contributed by atoms with van der Waals surface area (Å²) in [7, 11) is 0. The van der Waals surface area contributed by atoms with Crippen LogP contribution in [0.15, 0.2) is 23.8 Å². The highest BCUT2D eigenvalue weighted by molar-refractivity contribution is 7.13. The van der Waals surface area contributed by atoms with Crippen molar-refractivity contribution in [2.75, 3.05) is 5.32 Å². The Morgan fingerprint density at radius 1 is 1.44 bits per heavy atom. The van der Waals surface area contributed by atoms with Gasteiger partial charge >= 0.3 is 0 Å². The smallest absolute Gasteiger partial charge is 0.183 e. The van der Waals surface area contributed by atoms with Crippen molar-refractivity contribution in [1.29, 1.82) is 0 Å². The summed E-state index contributed by atoms with van der Waals surface area (Å²) >= 11 is 1.66. The van der Waals surface area contributed by atoms with Crippen molar-refractivity contribution in [2.24, 2.45) is 0 Å². The van der Waals surface area contributed by atoms with Crippen molar-refractivity contribution in [1.82, 2.24) is 9.97 Å². The zero-order valence-corrected chi connectivity index (χ0v) is 10.3. The van der Waals surface area contributed by atoms with Crippen LogP contribution in [0.4, 0.5) is 5.13 Å². The molecule has 16 heavy (non-hydrogen) atoms. The molecule has 0 aliphatic heterocycles. The van der Waals surface area contributed by atoms with Gasteiger partial charge in [-0.05, 0) is 30.5 Å². The summed E-state index contributed by atoms with van der Waals surface area (Å²) in [6.45, 7) is 5.00. The maximum Gasteiger partial charge on any atom is 0.183 e. The Labute approximate surface area is 99.6 Å². The minimum atomic E-state index is 0.811. The minimum absolute atomic E-state index is 0.811. The molecule has 4 heteroatoms. The first kappa shape index (κ1) is 11.1. The highest BCUT2D eigenvalue weighted by atomic mass is 32.1. The van der Waals surface area contributed by atoms with Crippen molar-refractivity contribution < 1.29 is 0 Å². The highest BCUT2D eigenvalue weighted by Crippen LogP contribution is 2.17. The Hall–Kier alpha value is -1.42. The van der Waals surface area contributed by atoms with E-state index >= 15 is 0 Å². The van der Waals surface area contributed by atoms with Gasteiger partial charge < -0.3 is 5.32 Å². The number of aromatic nitrogens is 2. The largest absolute Gasteiger partial charge is 0.357 e. The lowest BCUT2D eigenvalue weighted by molar-refractivity contribution is 1.04. The number of rotatable bonds is 4. The Bertz CT molecular complexity index is 465. The normalized spacial score (nSPS) is 10.4. The summed E-state index contributed by atoms with van der Waals surface area (Å²) in [5, 5.41) is 6.43. The number of pyridine rings is 1. The molecule has 84 valence electrons. The summed E-state index contributed by atoms with van der Waals surface area (Å²) in [5.41, 5.74) is 3.63. The molecule has 0 aliphatic carbocycles. The molecule has 0 atom stereocenters. The molecule has 2 rings (SSSR count). The average Bonchev–Trinajstić information content (AvgIpc) is 2.76. The summed E-state index contributed by atoms with van der Waals surface area (Å²) in [6.07, 6.45) is 4.70. The summed E-state index contributed by atoms with van der Waals surface area (Å²) in [6, 6.07) is 2.04. The van der Waals surface area contributed by atoms with Gasteiger partial charge in [0, 0.05) is 24.3 Å². The van der Waals surface area contributed by atoms with Gasteiger partial charge in [-0.2, -0.15) is 0 Å². The predicted molar refractivity (Wildman–Crippen MR) is 67.8 cm³/mol. The van der Waals surface area contributed by atoms with Gasteiger partial charge in [0.05, 0.1) is 5.69 Å². The fourth-order valence-corrected chi connectivity index (χ4v) is 2.21. The first-order valence-corrected chi connectivity index (χ1v) is 6.25. The van der Waals surface area contributed by atoms with E-state index in [0.717, 1.165) is 23.8 Å². The Morgan fingerprint density at radius 3 is 3.00 bits per heavy atom. The van der Waals surface area contributed by atoms with E-state index in [4.69, 9.17) is 0 Å². The lowest BCUT2D eigenvalue weighted by Gasteiger charge is -2.05. The van der Waals surface area contributed by atoms with Crippen LogP contribution in [0.25, 0.3) is 0 Å². The lowest BCUT2D eigenvalue weighted by Crippen LogP contribution is -2.01. The van der Waals surface area contributed by atoms with Crippen LogP contribution in [0.2, 0.25) is 0 Å². The Kier molecular flexibility index (Phi) is 3.51. The number of nitrogens with one attached hydrogen (secondary N) is 1. The second-order valence-corrected chi connectivity index (χ2v) is 4.51. The molecule has 2 aromatic rings. The number of aryl methyl sites for hydroxylation is 2. The Balaban J connectivity index is 1.99. The molecule has 0 bridgehead atoms. The number of hydrogen-bond acceptors (Lipinski definition) is 4. The van der Waals surface area contributed by atoms with E-state index in [2.05, 4.69) is 34.5 Å². The molecule has 0 aliphatic rings. The maximum atomic E-state index is 4.47. The summed E-state index contributed by atoms with van der Waals surface area (Å²) in [4.78, 5) is 8.54. The lowest BCUT2D eigenvalue weighted by atomic mass is 10.2. The minimum Gasteiger partial charge on any atom is -0.357 e. The van der Waals surface area contributed by atoms with Crippen LogP contribution >= 0.6 is 11.3 Å². The van der Waals surface area contributed by atoms with Crippen LogP contribution < -0.4 is 5.32 Å². The highest BCUT2D eigenvalue weighted by Gasteiger charge is 2.01. The van der Waals surface area contributed by atoms with Gasteiger partial charge in [-0.25, -0.2) is 4.98 Å². The SMILES string of the molecule is CCc1csc(NCc2ccncc2C)n1. The molecule has 0 amide bonds. The van der Waals surface area contributed by atoms with Crippen LogP contribution in [0.5, 0.6) is 0 Å². The number of thiazole rings is 1. The zero-order valence-electron chi connectivity index (χ0n) is 9.53. The van der Waals surface area contributed by atoms with Crippen LogP contribution in [0.3, 0.4) is 0 Å². The standard InChI is InChI=1S/C12H15N3S/c1-3-11-8-16-12(15-11)14-7-10-4-5-13-6-9(10)2/h4-6,8H,3,7H2,1-2H3,(H,14,15). The number of nitrogens with zero attached hydrogens (tertiary/aromatic N) is 2. The third kappa shape index (κ3) is 2.58. The van der Waals surface area contributed by atoms with Crippen LogP contribution in [-0.2, 0) is 13.0 Å². The van der Waals surface area contributed by atoms with E-state index in [1.807, 2.05) is 18.5 Å². The van der Waals surface area contributed by atoms with Gasteiger partial charge in [0.15, 0.2) is 5.13 Å². The molecule has 0 radical (unpaired) electrons. The molecular formula is C12H15N3S. The Morgan fingerprint density at radius 2 is 2.31 bits per heavy atom. The van der Waals surface area contributed by atoms with E-state index in [-0.39, 0.29) is 0 Å². The van der Waals surface area contributed by atoms with Crippen LogP contribution in [0.1, 0.15) is 23.7 Å². The fourth-order valence-electron chi connectivity index (χ4n) is 1.42. The van der Waals surface area contributed by atoms with Gasteiger partial charge in [-0.3, -0.25) is 4.98 Å². The first-order valence-electron chi connectivity index (χ1n) is 5.37. The van der Waals surface area contributed by atoms with E-state index in [9.17, 15) is 0 Å². The fraction of sp³-hybridized carbons (Fsp3) is 0.333.